The molecular formula is C24H25N5OS. The predicted molar refractivity (Wildman–Crippen MR) is 122 cm³/mol. The predicted octanol–water partition coefficient (Wildman–Crippen LogP) is 4.36. The van der Waals surface area contributed by atoms with Gasteiger partial charge < -0.3 is 4.90 Å². The van der Waals surface area contributed by atoms with Crippen molar-refractivity contribution in [1.29, 1.82) is 0 Å². The highest BCUT2D eigenvalue weighted by molar-refractivity contribution is 7.13. The molecule has 158 valence electrons. The number of pyridine rings is 1. The number of aromatic nitrogens is 4. The van der Waals surface area contributed by atoms with Crippen LogP contribution in [0.15, 0.2) is 54.0 Å². The maximum atomic E-state index is 12.9. The molecule has 0 saturated carbocycles. The van der Waals surface area contributed by atoms with Crippen molar-refractivity contribution >= 4 is 22.9 Å². The Morgan fingerprint density at radius 2 is 1.90 bits per heavy atom. The molecular weight excluding hydrogens is 406 g/mol. The first-order chi connectivity index (χ1) is 15.2. The summed E-state index contributed by atoms with van der Waals surface area (Å²) in [4.78, 5) is 19.5. The standard InChI is InChI=1S/C24H25N5OS/c1-2-17-6-8-19(9-7-17)24-25-20(16-31-24)15-22(30)28-13-10-18(11-14-28)23-27-26-21-5-3-4-12-29(21)23/h3-9,12,16,18H,2,10-11,13-15H2,1H3. The zero-order valence-corrected chi connectivity index (χ0v) is 18.4. The van der Waals surface area contributed by atoms with E-state index >= 15 is 0 Å². The molecule has 1 amide bonds. The van der Waals surface area contributed by atoms with Crippen LogP contribution in [-0.4, -0.2) is 43.5 Å². The van der Waals surface area contributed by atoms with Gasteiger partial charge in [-0.15, -0.1) is 21.5 Å². The molecule has 7 heteroatoms. The SMILES string of the molecule is CCc1ccc(-c2nc(CC(=O)N3CCC(c4nnc5ccccn45)CC3)cs2)cc1. The highest BCUT2D eigenvalue weighted by Gasteiger charge is 2.27. The summed E-state index contributed by atoms with van der Waals surface area (Å²) in [6.07, 6.45) is 5.23. The van der Waals surface area contributed by atoms with E-state index in [1.54, 1.807) is 11.3 Å². The Hall–Kier alpha value is -3.06. The van der Waals surface area contributed by atoms with Crippen LogP contribution < -0.4 is 0 Å². The van der Waals surface area contributed by atoms with E-state index in [1.807, 2.05) is 34.7 Å². The molecule has 1 fully saturated rings. The van der Waals surface area contributed by atoms with Crippen LogP contribution >= 0.6 is 11.3 Å². The topological polar surface area (TPSA) is 63.4 Å². The molecule has 0 bridgehead atoms. The Morgan fingerprint density at radius 1 is 1.10 bits per heavy atom. The molecule has 3 aromatic heterocycles. The van der Waals surface area contributed by atoms with Crippen molar-refractivity contribution in [1.82, 2.24) is 24.5 Å². The third kappa shape index (κ3) is 4.10. The van der Waals surface area contributed by atoms with Gasteiger partial charge in [0.15, 0.2) is 5.65 Å². The fourth-order valence-electron chi connectivity index (χ4n) is 4.20. The van der Waals surface area contributed by atoms with Gasteiger partial charge in [-0.05, 0) is 37.0 Å². The highest BCUT2D eigenvalue weighted by atomic mass is 32.1. The first kappa shape index (κ1) is 19.9. The quantitative estimate of drug-likeness (QED) is 0.471. The van der Waals surface area contributed by atoms with E-state index in [2.05, 4.69) is 45.8 Å². The number of thiazole rings is 1. The number of carbonyl (C=O) groups is 1. The Kier molecular flexibility index (Phi) is 5.51. The summed E-state index contributed by atoms with van der Waals surface area (Å²) in [5.41, 5.74) is 4.16. The van der Waals surface area contributed by atoms with Crippen LogP contribution in [0.25, 0.3) is 16.2 Å². The van der Waals surface area contributed by atoms with Gasteiger partial charge in [0.1, 0.15) is 10.8 Å². The molecule has 0 N–H and O–H groups in total. The largest absolute Gasteiger partial charge is 0.342 e. The van der Waals surface area contributed by atoms with E-state index in [9.17, 15) is 4.79 Å². The number of likely N-dealkylation sites (tertiary alicyclic amines) is 1. The van der Waals surface area contributed by atoms with E-state index in [4.69, 9.17) is 4.98 Å². The third-order valence-electron chi connectivity index (χ3n) is 6.05. The number of rotatable bonds is 5. The molecule has 0 atom stereocenters. The van der Waals surface area contributed by atoms with E-state index in [0.29, 0.717) is 12.3 Å². The molecule has 0 radical (unpaired) electrons. The summed E-state index contributed by atoms with van der Waals surface area (Å²) in [6, 6.07) is 14.5. The fraction of sp³-hybridized carbons (Fsp3) is 0.333. The van der Waals surface area contributed by atoms with Crippen LogP contribution in [0.5, 0.6) is 0 Å². The van der Waals surface area contributed by atoms with E-state index < -0.39 is 0 Å². The number of aryl methyl sites for hydroxylation is 1. The molecule has 1 aromatic carbocycles. The molecule has 0 spiro atoms. The second kappa shape index (κ2) is 8.59. The Balaban J connectivity index is 1.20. The number of benzene rings is 1. The van der Waals surface area contributed by atoms with Crippen LogP contribution in [0.3, 0.4) is 0 Å². The second-order valence-electron chi connectivity index (χ2n) is 8.01. The normalized spacial score (nSPS) is 14.9. The maximum Gasteiger partial charge on any atom is 0.228 e. The molecule has 1 saturated heterocycles. The Bertz CT molecular complexity index is 1190. The molecule has 1 aliphatic heterocycles. The summed E-state index contributed by atoms with van der Waals surface area (Å²) in [7, 11) is 0. The summed E-state index contributed by atoms with van der Waals surface area (Å²) in [5.74, 6) is 1.49. The Labute approximate surface area is 185 Å². The van der Waals surface area contributed by atoms with Crippen molar-refractivity contribution in [2.75, 3.05) is 13.1 Å². The number of carbonyl (C=O) groups excluding carboxylic acids is 1. The van der Waals surface area contributed by atoms with Gasteiger partial charge in [-0.1, -0.05) is 37.3 Å². The minimum Gasteiger partial charge on any atom is -0.342 e. The number of amides is 1. The molecule has 4 heterocycles. The van der Waals surface area contributed by atoms with Crippen molar-refractivity contribution in [3.8, 4) is 10.6 Å². The number of hydrogen-bond donors (Lipinski definition) is 0. The molecule has 6 nitrogen and oxygen atoms in total. The minimum absolute atomic E-state index is 0.155. The zero-order chi connectivity index (χ0) is 21.2. The number of nitrogens with zero attached hydrogens (tertiary/aromatic N) is 5. The van der Waals surface area contributed by atoms with Crippen LogP contribution in [0.4, 0.5) is 0 Å². The molecule has 4 aromatic rings. The van der Waals surface area contributed by atoms with Crippen LogP contribution in [0.1, 0.15) is 42.8 Å². The van der Waals surface area contributed by atoms with Gasteiger partial charge in [-0.3, -0.25) is 9.20 Å². The van der Waals surface area contributed by atoms with Gasteiger partial charge >= 0.3 is 0 Å². The van der Waals surface area contributed by atoms with Crippen molar-refractivity contribution in [3.63, 3.8) is 0 Å². The van der Waals surface area contributed by atoms with Gasteiger partial charge in [-0.25, -0.2) is 4.98 Å². The molecule has 5 rings (SSSR count). The lowest BCUT2D eigenvalue weighted by Crippen LogP contribution is -2.39. The van der Waals surface area contributed by atoms with Crippen molar-refractivity contribution in [3.05, 3.63) is 71.1 Å². The molecule has 0 aliphatic carbocycles. The first-order valence-electron chi connectivity index (χ1n) is 10.8. The summed E-state index contributed by atoms with van der Waals surface area (Å²) in [6.45, 7) is 3.65. The summed E-state index contributed by atoms with van der Waals surface area (Å²) >= 11 is 1.60. The van der Waals surface area contributed by atoms with Gasteiger partial charge in [0, 0.05) is 36.1 Å². The average molecular weight is 432 g/mol. The van der Waals surface area contributed by atoms with Gasteiger partial charge in [0.2, 0.25) is 5.91 Å². The van der Waals surface area contributed by atoms with Crippen LogP contribution in [-0.2, 0) is 17.6 Å². The molecule has 0 unspecified atom stereocenters. The molecule has 31 heavy (non-hydrogen) atoms. The van der Waals surface area contributed by atoms with Crippen molar-refractivity contribution < 1.29 is 4.79 Å². The van der Waals surface area contributed by atoms with E-state index in [1.165, 1.54) is 5.56 Å². The highest BCUT2D eigenvalue weighted by Crippen LogP contribution is 2.28. The number of fused-ring (bicyclic) bond motifs is 1. The zero-order valence-electron chi connectivity index (χ0n) is 17.6. The first-order valence-corrected chi connectivity index (χ1v) is 11.7. The monoisotopic (exact) mass is 431 g/mol. The van der Waals surface area contributed by atoms with E-state index in [-0.39, 0.29) is 5.91 Å². The smallest absolute Gasteiger partial charge is 0.228 e. The maximum absolute atomic E-state index is 12.9. The van der Waals surface area contributed by atoms with Gasteiger partial charge in [0.05, 0.1) is 12.1 Å². The minimum atomic E-state index is 0.155. The molecule has 1 aliphatic rings. The summed E-state index contributed by atoms with van der Waals surface area (Å²) < 4.78 is 2.06. The van der Waals surface area contributed by atoms with Gasteiger partial charge in [0.25, 0.3) is 0 Å². The van der Waals surface area contributed by atoms with Crippen LogP contribution in [0.2, 0.25) is 0 Å². The van der Waals surface area contributed by atoms with Gasteiger partial charge in [-0.2, -0.15) is 0 Å². The fourth-order valence-corrected chi connectivity index (χ4v) is 5.02. The lowest BCUT2D eigenvalue weighted by Gasteiger charge is -2.31. The second-order valence-corrected chi connectivity index (χ2v) is 8.87. The third-order valence-corrected chi connectivity index (χ3v) is 6.99. The average Bonchev–Trinajstić information content (AvgIpc) is 3.46. The lowest BCUT2D eigenvalue weighted by molar-refractivity contribution is -0.131. The lowest BCUT2D eigenvalue weighted by atomic mass is 9.95. The number of piperidine rings is 1. The van der Waals surface area contributed by atoms with Crippen molar-refractivity contribution in [2.24, 2.45) is 0 Å². The van der Waals surface area contributed by atoms with E-state index in [0.717, 1.165) is 60.1 Å². The van der Waals surface area contributed by atoms with Crippen molar-refractivity contribution in [2.45, 2.75) is 38.5 Å². The van der Waals surface area contributed by atoms with Crippen LogP contribution in [0, 0.1) is 0 Å². The Morgan fingerprint density at radius 3 is 2.68 bits per heavy atom. The number of hydrogen-bond acceptors (Lipinski definition) is 5. The summed E-state index contributed by atoms with van der Waals surface area (Å²) in [5, 5.41) is 11.7.